The van der Waals surface area contributed by atoms with E-state index >= 15 is 4.39 Å². The van der Waals surface area contributed by atoms with Crippen LogP contribution in [0.4, 0.5) is 14.5 Å². The van der Waals surface area contributed by atoms with Crippen molar-refractivity contribution in [3.05, 3.63) is 78.8 Å². The van der Waals surface area contributed by atoms with Gasteiger partial charge in [0.15, 0.2) is 5.82 Å². The van der Waals surface area contributed by atoms with Crippen LogP contribution in [0.1, 0.15) is 27.2 Å². The number of halogens is 2. The molecule has 6 rings (SSSR count). The Labute approximate surface area is 227 Å². The zero-order valence-electron chi connectivity index (χ0n) is 22.0. The predicted octanol–water partition coefficient (Wildman–Crippen LogP) is 6.88. The van der Waals surface area contributed by atoms with Crippen molar-refractivity contribution in [3.63, 3.8) is 0 Å². The molecule has 10 heteroatoms. The van der Waals surface area contributed by atoms with Gasteiger partial charge in [0, 0.05) is 35.5 Å². The Balaban J connectivity index is 1.40. The van der Waals surface area contributed by atoms with E-state index in [9.17, 15) is 9.18 Å². The van der Waals surface area contributed by atoms with Crippen LogP contribution in [0.15, 0.2) is 67.1 Å². The molecule has 8 nitrogen and oxygen atoms in total. The van der Waals surface area contributed by atoms with Crippen molar-refractivity contribution in [3.8, 4) is 33.9 Å². The van der Waals surface area contributed by atoms with E-state index in [0.29, 0.717) is 62.6 Å². The summed E-state index contributed by atoms with van der Waals surface area (Å²) in [7, 11) is 0. The second kappa shape index (κ2) is 9.64. The number of carbonyl (C=O) groups is 1. The molecule has 0 radical (unpaired) electrons. The number of hydrogen-bond donors (Lipinski definition) is 3. The van der Waals surface area contributed by atoms with Gasteiger partial charge in [-0.3, -0.25) is 19.9 Å². The molecule has 0 aliphatic heterocycles. The van der Waals surface area contributed by atoms with Crippen molar-refractivity contribution in [2.45, 2.75) is 27.2 Å². The first kappa shape index (κ1) is 25.3. The SMILES string of the molecule is CC(C)(C)CC(=O)Nc1cncc(-c2ccc3[nH]nc(-c4nc5c(-c6cccc(F)c6)nccc5[nH]4)c3c2F)c1. The highest BCUT2D eigenvalue weighted by Crippen LogP contribution is 2.35. The van der Waals surface area contributed by atoms with Crippen LogP contribution in [0.2, 0.25) is 0 Å². The Morgan fingerprint density at radius 1 is 0.975 bits per heavy atom. The predicted molar refractivity (Wildman–Crippen MR) is 150 cm³/mol. The monoisotopic (exact) mass is 537 g/mol. The largest absolute Gasteiger partial charge is 0.336 e. The molecule has 0 aliphatic rings. The molecule has 0 aliphatic carbocycles. The first-order chi connectivity index (χ1) is 19.2. The van der Waals surface area contributed by atoms with Gasteiger partial charge in [0.2, 0.25) is 5.91 Å². The van der Waals surface area contributed by atoms with Crippen LogP contribution in [0.25, 0.3) is 55.8 Å². The number of rotatable bonds is 5. The van der Waals surface area contributed by atoms with Crippen molar-refractivity contribution in [2.75, 3.05) is 5.32 Å². The molecule has 4 aromatic heterocycles. The average Bonchev–Trinajstić information content (AvgIpc) is 3.52. The smallest absolute Gasteiger partial charge is 0.224 e. The third-order valence-corrected chi connectivity index (χ3v) is 6.41. The van der Waals surface area contributed by atoms with Gasteiger partial charge in [-0.15, -0.1) is 0 Å². The number of nitrogens with one attached hydrogen (secondary N) is 3. The van der Waals surface area contributed by atoms with Gasteiger partial charge in [-0.1, -0.05) is 32.9 Å². The Morgan fingerprint density at radius 2 is 1.82 bits per heavy atom. The number of hydrogen-bond acceptors (Lipinski definition) is 5. The van der Waals surface area contributed by atoms with Gasteiger partial charge < -0.3 is 10.3 Å². The highest BCUT2D eigenvalue weighted by atomic mass is 19.1. The summed E-state index contributed by atoms with van der Waals surface area (Å²) in [6.45, 7) is 5.94. The van der Waals surface area contributed by atoms with Gasteiger partial charge in [-0.25, -0.2) is 13.8 Å². The molecular formula is C30H25F2N7O. The maximum absolute atomic E-state index is 16.1. The Kier molecular flexibility index (Phi) is 6.10. The molecule has 3 N–H and O–H groups in total. The number of H-pyrrole nitrogens is 2. The standard InChI is InChI=1S/C30H25F2N7O/c1-30(2,3)13-23(40)35-19-12-17(14-33-15-19)20-7-8-21-24(25(20)32)28(39-38-21)29-36-22-9-10-34-26(27(22)37-29)16-5-4-6-18(31)11-16/h4-12,14-15H,13H2,1-3H3,(H,35,40)(H,36,37)(H,38,39). The van der Waals surface area contributed by atoms with E-state index in [-0.39, 0.29) is 22.5 Å². The minimum absolute atomic E-state index is 0.142. The Morgan fingerprint density at radius 3 is 2.62 bits per heavy atom. The molecule has 0 spiro atoms. The summed E-state index contributed by atoms with van der Waals surface area (Å²) in [6, 6.07) is 12.9. The van der Waals surface area contributed by atoms with Gasteiger partial charge in [0.1, 0.15) is 22.8 Å². The zero-order valence-corrected chi connectivity index (χ0v) is 22.0. The lowest BCUT2D eigenvalue weighted by Gasteiger charge is -2.17. The third kappa shape index (κ3) is 4.79. The quantitative estimate of drug-likeness (QED) is 0.222. The highest BCUT2D eigenvalue weighted by Gasteiger charge is 2.21. The van der Waals surface area contributed by atoms with E-state index in [0.717, 1.165) is 0 Å². The molecule has 0 unspecified atom stereocenters. The number of pyridine rings is 2. The lowest BCUT2D eigenvalue weighted by Crippen LogP contribution is -2.19. The third-order valence-electron chi connectivity index (χ3n) is 6.41. The van der Waals surface area contributed by atoms with E-state index in [2.05, 4.69) is 35.5 Å². The lowest BCUT2D eigenvalue weighted by atomic mass is 9.92. The van der Waals surface area contributed by atoms with Crippen LogP contribution in [-0.4, -0.2) is 36.0 Å². The van der Waals surface area contributed by atoms with E-state index < -0.39 is 5.82 Å². The maximum atomic E-state index is 16.1. The second-order valence-corrected chi connectivity index (χ2v) is 10.8. The first-order valence-electron chi connectivity index (χ1n) is 12.7. The topological polar surface area (TPSA) is 112 Å². The molecule has 2 aromatic carbocycles. The number of imidazole rings is 1. The molecule has 0 atom stereocenters. The fraction of sp³-hybridized carbons (Fsp3) is 0.167. The normalized spacial score (nSPS) is 11.8. The van der Waals surface area contributed by atoms with Crippen molar-refractivity contribution >= 4 is 33.5 Å². The molecule has 0 bridgehead atoms. The number of amides is 1. The molecule has 6 aromatic rings. The highest BCUT2D eigenvalue weighted by molar-refractivity contribution is 5.98. The van der Waals surface area contributed by atoms with E-state index in [4.69, 9.17) is 0 Å². The van der Waals surface area contributed by atoms with Crippen molar-refractivity contribution in [1.29, 1.82) is 0 Å². The van der Waals surface area contributed by atoms with Gasteiger partial charge in [-0.2, -0.15) is 5.10 Å². The molecule has 4 heterocycles. The van der Waals surface area contributed by atoms with Crippen LogP contribution in [-0.2, 0) is 4.79 Å². The summed E-state index contributed by atoms with van der Waals surface area (Å²) in [5.41, 5.74) is 4.13. The summed E-state index contributed by atoms with van der Waals surface area (Å²) in [4.78, 5) is 28.9. The number of fused-ring (bicyclic) bond motifs is 2. The number of aromatic amines is 2. The van der Waals surface area contributed by atoms with Crippen LogP contribution >= 0.6 is 0 Å². The molecular weight excluding hydrogens is 512 g/mol. The molecule has 200 valence electrons. The van der Waals surface area contributed by atoms with Crippen molar-refractivity contribution < 1.29 is 13.6 Å². The van der Waals surface area contributed by atoms with Crippen LogP contribution in [0.5, 0.6) is 0 Å². The fourth-order valence-corrected chi connectivity index (χ4v) is 4.70. The number of nitrogens with zero attached hydrogens (tertiary/aromatic N) is 4. The number of anilines is 1. The minimum atomic E-state index is -0.509. The molecule has 0 fully saturated rings. The van der Waals surface area contributed by atoms with Gasteiger partial charge in [0.25, 0.3) is 0 Å². The lowest BCUT2D eigenvalue weighted by molar-refractivity contribution is -0.117. The molecule has 0 saturated heterocycles. The van der Waals surface area contributed by atoms with Crippen molar-refractivity contribution in [2.24, 2.45) is 5.41 Å². The zero-order chi connectivity index (χ0) is 28.0. The minimum Gasteiger partial charge on any atom is -0.336 e. The second-order valence-electron chi connectivity index (χ2n) is 10.8. The average molecular weight is 538 g/mol. The van der Waals surface area contributed by atoms with Gasteiger partial charge in [0.05, 0.1) is 34.0 Å². The molecule has 40 heavy (non-hydrogen) atoms. The van der Waals surface area contributed by atoms with E-state index in [1.54, 1.807) is 48.8 Å². The van der Waals surface area contributed by atoms with Crippen molar-refractivity contribution in [1.82, 2.24) is 30.1 Å². The molecule has 1 amide bonds. The molecule has 0 saturated carbocycles. The Hall–Kier alpha value is -4.99. The first-order valence-corrected chi connectivity index (χ1v) is 12.7. The number of carbonyl (C=O) groups excluding carboxylic acids is 1. The van der Waals surface area contributed by atoms with E-state index in [1.165, 1.54) is 18.3 Å². The maximum Gasteiger partial charge on any atom is 0.224 e. The summed E-state index contributed by atoms with van der Waals surface area (Å²) in [5.74, 6) is -0.696. The summed E-state index contributed by atoms with van der Waals surface area (Å²) in [5, 5.41) is 10.3. The number of benzene rings is 2. The summed E-state index contributed by atoms with van der Waals surface area (Å²) >= 11 is 0. The summed E-state index contributed by atoms with van der Waals surface area (Å²) in [6.07, 6.45) is 5.01. The van der Waals surface area contributed by atoms with Crippen LogP contribution in [0.3, 0.4) is 0 Å². The Bertz CT molecular complexity index is 1900. The fourth-order valence-electron chi connectivity index (χ4n) is 4.70. The van der Waals surface area contributed by atoms with Gasteiger partial charge >= 0.3 is 0 Å². The van der Waals surface area contributed by atoms with Crippen LogP contribution < -0.4 is 5.32 Å². The summed E-state index contributed by atoms with van der Waals surface area (Å²) < 4.78 is 30.0. The van der Waals surface area contributed by atoms with Crippen LogP contribution in [0, 0.1) is 17.0 Å². The van der Waals surface area contributed by atoms with E-state index in [1.807, 2.05) is 20.8 Å². The number of aromatic nitrogens is 6. The van der Waals surface area contributed by atoms with Gasteiger partial charge in [-0.05, 0) is 41.8 Å².